The van der Waals surface area contributed by atoms with E-state index in [9.17, 15) is 27.5 Å². The van der Waals surface area contributed by atoms with E-state index in [0.29, 0.717) is 12.1 Å². The lowest BCUT2D eigenvalue weighted by atomic mass is 9.95. The second kappa shape index (κ2) is 6.37. The van der Waals surface area contributed by atoms with Crippen molar-refractivity contribution in [1.29, 1.82) is 0 Å². The number of amides is 1. The quantitative estimate of drug-likeness (QED) is 0.849. The molecule has 2 aromatic carbocycles. The molecule has 1 unspecified atom stereocenters. The van der Waals surface area contributed by atoms with Gasteiger partial charge in [0.25, 0.3) is 5.91 Å². The summed E-state index contributed by atoms with van der Waals surface area (Å²) in [4.78, 5) is 11.9. The lowest BCUT2D eigenvalue weighted by Gasteiger charge is -2.24. The fourth-order valence-corrected chi connectivity index (χ4v) is 2.04. The Morgan fingerprint density at radius 2 is 1.65 bits per heavy atom. The Balaban J connectivity index is 2.15. The molecule has 0 heterocycles. The van der Waals surface area contributed by atoms with Crippen LogP contribution in [0.2, 0.25) is 0 Å². The molecule has 1 atom stereocenters. The number of hydrogen-bond acceptors (Lipinski definition) is 2. The van der Waals surface area contributed by atoms with Gasteiger partial charge in [0.2, 0.25) is 0 Å². The van der Waals surface area contributed by atoms with Gasteiger partial charge in [-0.3, -0.25) is 4.79 Å². The molecule has 2 rings (SSSR count). The number of carbonyl (C=O) groups excluding carboxylic acids is 1. The van der Waals surface area contributed by atoms with Crippen molar-refractivity contribution in [2.45, 2.75) is 12.5 Å². The van der Waals surface area contributed by atoms with Crippen LogP contribution < -0.4 is 5.32 Å². The molecule has 0 saturated carbocycles. The van der Waals surface area contributed by atoms with Crippen LogP contribution in [0.3, 0.4) is 0 Å². The van der Waals surface area contributed by atoms with Gasteiger partial charge >= 0.3 is 0 Å². The molecular weight excluding hydrogens is 314 g/mol. The number of benzene rings is 2. The second-order valence-electron chi connectivity index (χ2n) is 5.20. The van der Waals surface area contributed by atoms with Gasteiger partial charge in [0, 0.05) is 11.6 Å². The van der Waals surface area contributed by atoms with Crippen LogP contribution in [-0.4, -0.2) is 17.6 Å². The van der Waals surface area contributed by atoms with E-state index in [4.69, 9.17) is 0 Å². The van der Waals surface area contributed by atoms with Crippen molar-refractivity contribution < 1.29 is 27.5 Å². The first-order valence-electron chi connectivity index (χ1n) is 6.62. The van der Waals surface area contributed by atoms with E-state index in [1.54, 1.807) is 0 Å². The number of aliphatic hydroxyl groups is 1. The number of halogens is 4. The topological polar surface area (TPSA) is 49.3 Å². The summed E-state index contributed by atoms with van der Waals surface area (Å²) in [6.07, 6.45) is 0. The van der Waals surface area contributed by atoms with E-state index < -0.39 is 46.9 Å². The highest BCUT2D eigenvalue weighted by atomic mass is 19.1. The molecule has 1 amide bonds. The zero-order chi connectivity index (χ0) is 17.2. The Kier molecular flexibility index (Phi) is 4.70. The van der Waals surface area contributed by atoms with Gasteiger partial charge in [-0.15, -0.1) is 0 Å². The molecule has 0 aliphatic rings. The average molecular weight is 327 g/mol. The maximum Gasteiger partial charge on any atom is 0.254 e. The summed E-state index contributed by atoms with van der Waals surface area (Å²) >= 11 is 0. The third-order valence-electron chi connectivity index (χ3n) is 3.28. The van der Waals surface area contributed by atoms with Crippen molar-refractivity contribution in [1.82, 2.24) is 5.32 Å². The first kappa shape index (κ1) is 17.0. The van der Waals surface area contributed by atoms with Crippen LogP contribution >= 0.6 is 0 Å². The van der Waals surface area contributed by atoms with E-state index in [2.05, 4.69) is 5.32 Å². The van der Waals surface area contributed by atoms with Crippen LogP contribution in [-0.2, 0) is 5.60 Å². The van der Waals surface area contributed by atoms with Crippen molar-refractivity contribution in [3.63, 3.8) is 0 Å². The monoisotopic (exact) mass is 327 g/mol. The predicted molar refractivity (Wildman–Crippen MR) is 74.6 cm³/mol. The molecule has 0 saturated heterocycles. The standard InChI is InChI=1S/C16H13F4NO2/c1-16(23,12-4-2-10(18)7-14(12)20)8-21-15(22)11-6-9(17)3-5-13(11)19/h2-7,23H,8H2,1H3,(H,21,22). The summed E-state index contributed by atoms with van der Waals surface area (Å²) in [5, 5.41) is 12.4. The lowest BCUT2D eigenvalue weighted by Crippen LogP contribution is -2.39. The third kappa shape index (κ3) is 3.87. The summed E-state index contributed by atoms with van der Waals surface area (Å²) in [6.45, 7) is 0.718. The minimum atomic E-state index is -1.86. The molecule has 0 aromatic heterocycles. The molecule has 0 aliphatic heterocycles. The molecule has 23 heavy (non-hydrogen) atoms. The fourth-order valence-electron chi connectivity index (χ4n) is 2.04. The summed E-state index contributed by atoms with van der Waals surface area (Å²) in [7, 11) is 0. The maximum absolute atomic E-state index is 13.7. The Morgan fingerprint density at radius 3 is 2.30 bits per heavy atom. The summed E-state index contributed by atoms with van der Waals surface area (Å²) < 4.78 is 53.1. The van der Waals surface area contributed by atoms with Gasteiger partial charge in [0.15, 0.2) is 0 Å². The van der Waals surface area contributed by atoms with Gasteiger partial charge in [-0.1, -0.05) is 6.07 Å². The molecule has 0 spiro atoms. The smallest absolute Gasteiger partial charge is 0.254 e. The van der Waals surface area contributed by atoms with Crippen molar-refractivity contribution in [2.75, 3.05) is 6.54 Å². The van der Waals surface area contributed by atoms with Gasteiger partial charge in [-0.2, -0.15) is 0 Å². The van der Waals surface area contributed by atoms with Gasteiger partial charge < -0.3 is 10.4 Å². The van der Waals surface area contributed by atoms with Gasteiger partial charge in [-0.05, 0) is 31.2 Å². The zero-order valence-electron chi connectivity index (χ0n) is 12.0. The fraction of sp³-hybridized carbons (Fsp3) is 0.188. The van der Waals surface area contributed by atoms with E-state index in [-0.39, 0.29) is 5.56 Å². The van der Waals surface area contributed by atoms with Crippen LogP contribution in [0.4, 0.5) is 17.6 Å². The number of carbonyl (C=O) groups is 1. The summed E-state index contributed by atoms with van der Waals surface area (Å²) in [6, 6.07) is 4.95. The summed E-state index contributed by atoms with van der Waals surface area (Å²) in [5.41, 5.74) is -2.64. The van der Waals surface area contributed by atoms with E-state index in [1.165, 1.54) is 6.92 Å². The SMILES string of the molecule is CC(O)(CNC(=O)c1cc(F)ccc1F)c1ccc(F)cc1F. The molecule has 2 aromatic rings. The Morgan fingerprint density at radius 1 is 1.04 bits per heavy atom. The first-order chi connectivity index (χ1) is 10.7. The van der Waals surface area contributed by atoms with Crippen LogP contribution in [0.15, 0.2) is 36.4 Å². The van der Waals surface area contributed by atoms with Crippen LogP contribution in [0.1, 0.15) is 22.8 Å². The molecule has 0 bridgehead atoms. The minimum Gasteiger partial charge on any atom is -0.383 e. The third-order valence-corrected chi connectivity index (χ3v) is 3.28. The average Bonchev–Trinajstić information content (AvgIpc) is 2.47. The molecule has 3 nitrogen and oxygen atoms in total. The highest BCUT2D eigenvalue weighted by molar-refractivity contribution is 5.94. The van der Waals surface area contributed by atoms with Crippen LogP contribution in [0.5, 0.6) is 0 Å². The first-order valence-corrected chi connectivity index (χ1v) is 6.62. The highest BCUT2D eigenvalue weighted by Gasteiger charge is 2.28. The predicted octanol–water partition coefficient (Wildman–Crippen LogP) is 2.88. The van der Waals surface area contributed by atoms with Gasteiger partial charge in [0.1, 0.15) is 28.9 Å². The lowest BCUT2D eigenvalue weighted by molar-refractivity contribution is 0.0493. The minimum absolute atomic E-state index is 0.237. The van der Waals surface area contributed by atoms with Crippen molar-refractivity contribution >= 4 is 5.91 Å². The summed E-state index contributed by atoms with van der Waals surface area (Å²) in [5.74, 6) is -4.50. The largest absolute Gasteiger partial charge is 0.383 e. The Labute approximate surface area is 129 Å². The normalized spacial score (nSPS) is 13.5. The highest BCUT2D eigenvalue weighted by Crippen LogP contribution is 2.23. The van der Waals surface area contributed by atoms with Crippen LogP contribution in [0.25, 0.3) is 0 Å². The second-order valence-corrected chi connectivity index (χ2v) is 5.20. The Bertz CT molecular complexity index is 747. The number of nitrogens with one attached hydrogen (secondary N) is 1. The maximum atomic E-state index is 13.7. The zero-order valence-corrected chi connectivity index (χ0v) is 12.0. The number of rotatable bonds is 4. The Hall–Kier alpha value is -2.41. The van der Waals surface area contributed by atoms with Crippen LogP contribution in [0, 0.1) is 23.3 Å². The van der Waals surface area contributed by atoms with Gasteiger partial charge in [-0.25, -0.2) is 17.6 Å². The van der Waals surface area contributed by atoms with Crippen molar-refractivity contribution in [2.24, 2.45) is 0 Å². The molecule has 0 aliphatic carbocycles. The molecular formula is C16H13F4NO2. The van der Waals surface area contributed by atoms with Crippen molar-refractivity contribution in [3.05, 3.63) is 70.8 Å². The van der Waals surface area contributed by atoms with E-state index >= 15 is 0 Å². The van der Waals surface area contributed by atoms with E-state index in [1.807, 2.05) is 0 Å². The number of hydrogen-bond donors (Lipinski definition) is 2. The molecule has 7 heteroatoms. The van der Waals surface area contributed by atoms with E-state index in [0.717, 1.165) is 24.3 Å². The van der Waals surface area contributed by atoms with Crippen molar-refractivity contribution in [3.8, 4) is 0 Å². The molecule has 0 fully saturated rings. The molecule has 0 radical (unpaired) electrons. The molecule has 122 valence electrons. The molecule has 2 N–H and O–H groups in total. The van der Waals surface area contributed by atoms with Gasteiger partial charge in [0.05, 0.1) is 12.1 Å².